The molecule has 1 saturated carbocycles. The average molecular weight is 360 g/mol. The molecule has 3 unspecified atom stereocenters. The molecule has 1 aliphatic rings. The van der Waals surface area contributed by atoms with Gasteiger partial charge in [0.2, 0.25) is 0 Å². The van der Waals surface area contributed by atoms with Gasteiger partial charge in [0.1, 0.15) is 0 Å². The van der Waals surface area contributed by atoms with Crippen LogP contribution >= 0.6 is 15.2 Å². The quantitative estimate of drug-likeness (QED) is 0.466. The minimum absolute atomic E-state index is 0.0181. The molecule has 0 saturated heterocycles. The zero-order valence-corrected chi connectivity index (χ0v) is 15.5. The van der Waals surface area contributed by atoms with Crippen molar-refractivity contribution < 1.29 is 31.6 Å². The standard InChI is InChI=1S/C13H27FO6P2/c1-5-17-21(15,18-6-2)13(14)22(16,19-7-3)20-9-8-12-10-11(12)4/h11-13H,5-10H2,1-4H3/t11?,12-,13?,22?/m0/s1. The molecule has 0 aromatic heterocycles. The molecule has 1 fully saturated rings. The molecule has 0 bridgehead atoms. The summed E-state index contributed by atoms with van der Waals surface area (Å²) in [4.78, 5) is 0. The van der Waals surface area contributed by atoms with E-state index in [1.54, 1.807) is 20.8 Å². The summed E-state index contributed by atoms with van der Waals surface area (Å²) in [6.07, 6.45) is 1.77. The normalized spacial score (nSPS) is 25.7. The van der Waals surface area contributed by atoms with Crippen molar-refractivity contribution in [2.24, 2.45) is 11.8 Å². The van der Waals surface area contributed by atoms with Crippen LogP contribution in [0.3, 0.4) is 0 Å². The minimum atomic E-state index is -4.22. The van der Waals surface area contributed by atoms with Gasteiger partial charge in [-0.3, -0.25) is 9.13 Å². The summed E-state index contributed by atoms with van der Waals surface area (Å²) in [6.45, 7) is 6.83. The zero-order valence-electron chi connectivity index (χ0n) is 13.7. The van der Waals surface area contributed by atoms with Gasteiger partial charge in [-0.25, -0.2) is 4.39 Å². The summed E-state index contributed by atoms with van der Waals surface area (Å²) >= 11 is 0. The lowest BCUT2D eigenvalue weighted by atomic mass is 10.3. The van der Waals surface area contributed by atoms with E-state index in [0.717, 1.165) is 6.42 Å². The lowest BCUT2D eigenvalue weighted by Gasteiger charge is -2.26. The van der Waals surface area contributed by atoms with E-state index in [1.165, 1.54) is 0 Å². The first-order valence-corrected chi connectivity index (χ1v) is 11.0. The van der Waals surface area contributed by atoms with Gasteiger partial charge in [-0.2, -0.15) is 0 Å². The zero-order chi connectivity index (χ0) is 16.8. The number of hydrogen-bond acceptors (Lipinski definition) is 6. The van der Waals surface area contributed by atoms with Crippen molar-refractivity contribution in [2.75, 3.05) is 26.4 Å². The maximum absolute atomic E-state index is 14.7. The third-order valence-electron chi connectivity index (χ3n) is 3.49. The first-order chi connectivity index (χ1) is 10.3. The van der Waals surface area contributed by atoms with Gasteiger partial charge < -0.3 is 18.1 Å². The van der Waals surface area contributed by atoms with Crippen molar-refractivity contribution in [1.82, 2.24) is 0 Å². The van der Waals surface area contributed by atoms with E-state index in [2.05, 4.69) is 6.92 Å². The van der Waals surface area contributed by atoms with E-state index in [0.29, 0.717) is 18.3 Å². The summed E-state index contributed by atoms with van der Waals surface area (Å²) in [7, 11) is -8.42. The van der Waals surface area contributed by atoms with Crippen LogP contribution in [0.25, 0.3) is 0 Å². The summed E-state index contributed by atoms with van der Waals surface area (Å²) in [5, 5.41) is 0. The van der Waals surface area contributed by atoms with Crippen molar-refractivity contribution in [3.8, 4) is 0 Å². The average Bonchev–Trinajstić information content (AvgIpc) is 3.14. The Hall–Kier alpha value is 0.230. The van der Waals surface area contributed by atoms with Crippen molar-refractivity contribution >= 4 is 15.2 Å². The Morgan fingerprint density at radius 2 is 1.41 bits per heavy atom. The molecule has 1 aliphatic carbocycles. The van der Waals surface area contributed by atoms with Crippen LogP contribution in [0.5, 0.6) is 0 Å². The van der Waals surface area contributed by atoms with E-state index in [4.69, 9.17) is 18.1 Å². The number of alkyl halides is 1. The Kier molecular flexibility index (Phi) is 8.21. The maximum atomic E-state index is 14.7. The highest BCUT2D eigenvalue weighted by Gasteiger charge is 2.52. The van der Waals surface area contributed by atoms with Gasteiger partial charge in [-0.05, 0) is 45.4 Å². The van der Waals surface area contributed by atoms with Gasteiger partial charge in [0.05, 0.1) is 26.4 Å². The topological polar surface area (TPSA) is 71.1 Å². The molecule has 6 nitrogen and oxygen atoms in total. The highest BCUT2D eigenvalue weighted by atomic mass is 31.2. The van der Waals surface area contributed by atoms with Gasteiger partial charge in [-0.1, -0.05) is 6.92 Å². The van der Waals surface area contributed by atoms with Crippen LogP contribution in [0.1, 0.15) is 40.5 Å². The molecule has 4 atom stereocenters. The van der Waals surface area contributed by atoms with Crippen LogP contribution in [0, 0.1) is 11.8 Å². The van der Waals surface area contributed by atoms with Crippen LogP contribution in [0.2, 0.25) is 0 Å². The van der Waals surface area contributed by atoms with E-state index in [9.17, 15) is 13.5 Å². The lowest BCUT2D eigenvalue weighted by Crippen LogP contribution is -2.14. The molecule has 0 aromatic rings. The lowest BCUT2D eigenvalue weighted by molar-refractivity contribution is 0.167. The monoisotopic (exact) mass is 360 g/mol. The molecular formula is C13H27FO6P2. The van der Waals surface area contributed by atoms with E-state index in [-0.39, 0.29) is 26.4 Å². The molecule has 0 N–H and O–H groups in total. The molecule has 0 heterocycles. The van der Waals surface area contributed by atoms with Gasteiger partial charge >= 0.3 is 20.8 Å². The molecule has 9 heteroatoms. The maximum Gasteiger partial charge on any atom is 0.377 e. The number of hydrogen-bond donors (Lipinski definition) is 0. The molecule has 0 amide bonds. The molecule has 0 aliphatic heterocycles. The summed E-state index contributed by atoms with van der Waals surface area (Å²) in [6, 6.07) is 0. The van der Waals surface area contributed by atoms with Crippen LogP contribution in [0.4, 0.5) is 4.39 Å². The smallest absolute Gasteiger partial charge is 0.306 e. The van der Waals surface area contributed by atoms with E-state index >= 15 is 0 Å². The van der Waals surface area contributed by atoms with Gasteiger partial charge in [0.15, 0.2) is 0 Å². The second-order valence-corrected chi connectivity index (χ2v) is 9.74. The summed E-state index contributed by atoms with van der Waals surface area (Å²) < 4.78 is 59.7. The van der Waals surface area contributed by atoms with Crippen molar-refractivity contribution in [3.05, 3.63) is 0 Å². The Labute approximate surface area is 132 Å². The fraction of sp³-hybridized carbons (Fsp3) is 1.00. The molecule has 132 valence electrons. The van der Waals surface area contributed by atoms with Gasteiger partial charge in [0.25, 0.3) is 0 Å². The Morgan fingerprint density at radius 1 is 1.00 bits per heavy atom. The minimum Gasteiger partial charge on any atom is -0.306 e. The summed E-state index contributed by atoms with van der Waals surface area (Å²) in [5.41, 5.74) is -2.43. The van der Waals surface area contributed by atoms with E-state index < -0.39 is 20.8 Å². The van der Waals surface area contributed by atoms with Crippen LogP contribution < -0.4 is 0 Å². The number of rotatable bonds is 12. The highest BCUT2D eigenvalue weighted by molar-refractivity contribution is 7.72. The van der Waals surface area contributed by atoms with Gasteiger partial charge in [0, 0.05) is 0 Å². The third kappa shape index (κ3) is 5.40. The third-order valence-corrected chi connectivity index (χ3v) is 8.62. The predicted molar refractivity (Wildman–Crippen MR) is 82.8 cm³/mol. The van der Waals surface area contributed by atoms with Crippen LogP contribution in [0.15, 0.2) is 0 Å². The molecule has 0 spiro atoms. The van der Waals surface area contributed by atoms with E-state index in [1.807, 2.05) is 0 Å². The fourth-order valence-electron chi connectivity index (χ4n) is 2.17. The first-order valence-electron chi connectivity index (χ1n) is 7.74. The fourth-order valence-corrected chi connectivity index (χ4v) is 6.43. The van der Waals surface area contributed by atoms with Gasteiger partial charge in [-0.15, -0.1) is 0 Å². The molecule has 0 radical (unpaired) electrons. The van der Waals surface area contributed by atoms with Crippen LogP contribution in [-0.2, 0) is 27.2 Å². The molecule has 22 heavy (non-hydrogen) atoms. The van der Waals surface area contributed by atoms with Crippen molar-refractivity contribution in [1.29, 1.82) is 0 Å². The second-order valence-electron chi connectivity index (χ2n) is 5.24. The molecule has 0 aromatic carbocycles. The van der Waals surface area contributed by atoms with Crippen molar-refractivity contribution in [2.45, 2.75) is 46.2 Å². The Balaban J connectivity index is 2.75. The van der Waals surface area contributed by atoms with Crippen molar-refractivity contribution in [3.63, 3.8) is 0 Å². The molecular weight excluding hydrogens is 333 g/mol. The first kappa shape index (κ1) is 20.3. The summed E-state index contributed by atoms with van der Waals surface area (Å²) in [5.74, 6) is 1.13. The second kappa shape index (κ2) is 8.91. The molecule has 1 rings (SSSR count). The predicted octanol–water partition coefficient (Wildman–Crippen LogP) is 4.80. The highest BCUT2D eigenvalue weighted by Crippen LogP contribution is 2.71. The SMILES string of the molecule is CCOP(=O)(OCC)C(F)P(=O)(OCC)OCC[C@H]1CC1C. The number of halogens is 1. The largest absolute Gasteiger partial charge is 0.377 e. The van der Waals surface area contributed by atoms with Crippen LogP contribution in [-0.4, -0.2) is 32.1 Å². The Bertz CT molecular complexity index is 423. The Morgan fingerprint density at radius 3 is 1.77 bits per heavy atom.